The van der Waals surface area contributed by atoms with Crippen molar-refractivity contribution in [3.8, 4) is 91.1 Å². The molecule has 0 fully saturated rings. The van der Waals surface area contributed by atoms with Crippen molar-refractivity contribution in [1.82, 2.24) is 48.2 Å². The van der Waals surface area contributed by atoms with E-state index in [9.17, 15) is 0 Å². The fourth-order valence-electron chi connectivity index (χ4n) is 14.3. The monoisotopic (exact) mass is 1200 g/mol. The Morgan fingerprint density at radius 3 is 0.872 bits per heavy atom. The average molecular weight is 1200 g/mol. The van der Waals surface area contributed by atoms with Gasteiger partial charge in [0.2, 0.25) is 5.95 Å². The molecule has 0 spiro atoms. The molecule has 0 radical (unpaired) electrons. The Labute approximate surface area is 538 Å². The smallest absolute Gasteiger partial charge is 0.238 e. The lowest BCUT2D eigenvalue weighted by Crippen LogP contribution is -2.07. The van der Waals surface area contributed by atoms with Gasteiger partial charge in [-0.25, -0.2) is 19.9 Å². The standard InChI is InChI=1S/C84H52N10/c1-7-25-53(26-8-1)79-85-80(54-27-9-2-10-28-54)87-83(86-79)59-35-23-33-57(51-59)58-34-24-40-62(52-58)91-71-43-21-19-41-63(71)65-45-47-67-68-49-50-69-70-48-46-66-64-42-20-22-44-72(64)94(84-89-81(55-29-11-3-12-30-55)88-82(90-84)56-31-13-4-14-32-56)78(66)77(70)93(61-38-17-6-18-39-61)76(69)75(68)92(74(67)73(65)91)60-36-15-5-16-37-60/h1-52H. The lowest BCUT2D eigenvalue weighted by molar-refractivity contribution is 0.953. The second-order valence-corrected chi connectivity index (χ2v) is 23.8. The minimum atomic E-state index is 0.532. The summed E-state index contributed by atoms with van der Waals surface area (Å²) < 4.78 is 9.80. The van der Waals surface area contributed by atoms with Gasteiger partial charge in [0.25, 0.3) is 0 Å². The molecule has 6 aromatic heterocycles. The zero-order valence-electron chi connectivity index (χ0n) is 50.5. The molecule has 10 heteroatoms. The Balaban J connectivity index is 0.883. The fourth-order valence-corrected chi connectivity index (χ4v) is 14.3. The highest BCUT2D eigenvalue weighted by Crippen LogP contribution is 2.48. The lowest BCUT2D eigenvalue weighted by atomic mass is 10.0. The zero-order chi connectivity index (χ0) is 61.8. The summed E-state index contributed by atoms with van der Waals surface area (Å²) in [5.74, 6) is 3.57. The maximum Gasteiger partial charge on any atom is 0.238 e. The summed E-state index contributed by atoms with van der Waals surface area (Å²) in [6.45, 7) is 0. The van der Waals surface area contributed by atoms with Crippen molar-refractivity contribution >= 4 is 87.2 Å². The Bertz CT molecular complexity index is 6080. The molecule has 19 aromatic rings. The van der Waals surface area contributed by atoms with Crippen LogP contribution in [0.15, 0.2) is 315 Å². The van der Waals surface area contributed by atoms with Crippen LogP contribution in [-0.4, -0.2) is 48.2 Å². The van der Waals surface area contributed by atoms with Gasteiger partial charge in [-0.3, -0.25) is 4.57 Å². The van der Waals surface area contributed by atoms with Gasteiger partial charge in [0.1, 0.15) is 0 Å². The minimum absolute atomic E-state index is 0.532. The first-order valence-corrected chi connectivity index (χ1v) is 31.6. The van der Waals surface area contributed by atoms with E-state index >= 15 is 0 Å². The second kappa shape index (κ2) is 21.4. The number of para-hydroxylation sites is 4. The van der Waals surface area contributed by atoms with Crippen molar-refractivity contribution in [2.45, 2.75) is 0 Å². The fraction of sp³-hybridized carbons (Fsp3) is 0. The number of hydrogen-bond donors (Lipinski definition) is 0. The summed E-state index contributed by atoms with van der Waals surface area (Å²) in [5.41, 5.74) is 18.3. The summed E-state index contributed by atoms with van der Waals surface area (Å²) in [6, 6.07) is 111. The van der Waals surface area contributed by atoms with Gasteiger partial charge in [-0.1, -0.05) is 261 Å². The molecular weight excluding hydrogens is 1150 g/mol. The molecule has 0 aliphatic carbocycles. The van der Waals surface area contributed by atoms with Crippen LogP contribution in [0.2, 0.25) is 0 Å². The maximum atomic E-state index is 5.43. The molecule has 0 saturated heterocycles. The second-order valence-electron chi connectivity index (χ2n) is 23.8. The largest absolute Gasteiger partial charge is 0.307 e. The molecule has 0 aliphatic heterocycles. The van der Waals surface area contributed by atoms with Crippen LogP contribution in [0.5, 0.6) is 0 Å². The summed E-state index contributed by atoms with van der Waals surface area (Å²) in [4.78, 5) is 31.3. The van der Waals surface area contributed by atoms with E-state index in [1.54, 1.807) is 0 Å². The van der Waals surface area contributed by atoms with E-state index in [0.29, 0.717) is 35.1 Å². The van der Waals surface area contributed by atoms with Crippen LogP contribution in [0.25, 0.3) is 178 Å². The van der Waals surface area contributed by atoms with Crippen molar-refractivity contribution in [2.24, 2.45) is 0 Å². The Kier molecular flexibility index (Phi) is 12.0. The molecule has 19 rings (SSSR count). The molecule has 0 saturated carbocycles. The molecule has 0 aliphatic rings. The van der Waals surface area contributed by atoms with Gasteiger partial charge in [0.05, 0.1) is 44.1 Å². The number of fused-ring (bicyclic) bond motifs is 15. The summed E-state index contributed by atoms with van der Waals surface area (Å²) >= 11 is 0. The van der Waals surface area contributed by atoms with Crippen molar-refractivity contribution in [3.05, 3.63) is 315 Å². The van der Waals surface area contributed by atoms with Crippen molar-refractivity contribution < 1.29 is 0 Å². The van der Waals surface area contributed by atoms with Crippen molar-refractivity contribution in [2.75, 3.05) is 0 Å². The van der Waals surface area contributed by atoms with Crippen molar-refractivity contribution in [3.63, 3.8) is 0 Å². The Morgan fingerprint density at radius 1 is 0.170 bits per heavy atom. The molecule has 10 nitrogen and oxygen atoms in total. The van der Waals surface area contributed by atoms with Gasteiger partial charge in [0, 0.05) is 88.0 Å². The van der Waals surface area contributed by atoms with E-state index in [2.05, 4.69) is 237 Å². The Morgan fingerprint density at radius 2 is 0.447 bits per heavy atom. The molecule has 0 bridgehead atoms. The SMILES string of the molecule is c1ccc(-c2nc(-c3ccccc3)nc(-c3cccc(-c4cccc(-n5c6ccccc6c6ccc7c8ccc9c%10ccc%11c%12ccccc%12n(-c%12nc(-c%13ccccc%13)nc(-c%13ccccc%13)n%12)c%11c%10n(-c%10ccccc%10)c9c8n(-c8ccccc8)c7c65)c4)c3)n2)cc1. The van der Waals surface area contributed by atoms with Gasteiger partial charge >= 0.3 is 0 Å². The molecule has 0 unspecified atom stereocenters. The van der Waals surface area contributed by atoms with Gasteiger partial charge < -0.3 is 13.7 Å². The highest BCUT2D eigenvalue weighted by molar-refractivity contribution is 6.31. The van der Waals surface area contributed by atoms with Gasteiger partial charge in [-0.15, -0.1) is 0 Å². The zero-order valence-corrected chi connectivity index (χ0v) is 50.5. The van der Waals surface area contributed by atoms with Crippen molar-refractivity contribution in [1.29, 1.82) is 0 Å². The summed E-state index contributed by atoms with van der Waals surface area (Å²) in [5, 5.41) is 9.00. The van der Waals surface area contributed by atoms with E-state index in [4.69, 9.17) is 29.9 Å². The first-order valence-electron chi connectivity index (χ1n) is 31.6. The van der Waals surface area contributed by atoms with Crippen LogP contribution in [-0.2, 0) is 0 Å². The number of aromatic nitrogens is 10. The third-order valence-electron chi connectivity index (χ3n) is 18.4. The van der Waals surface area contributed by atoms with E-state index < -0.39 is 0 Å². The molecule has 94 heavy (non-hydrogen) atoms. The van der Waals surface area contributed by atoms with Crippen LogP contribution in [0, 0.1) is 0 Å². The van der Waals surface area contributed by atoms with Gasteiger partial charge in [-0.05, 0) is 65.7 Å². The number of nitrogens with zero attached hydrogens (tertiary/aromatic N) is 10. The topological polar surface area (TPSA) is 97.1 Å². The predicted molar refractivity (Wildman–Crippen MR) is 383 cm³/mol. The summed E-state index contributed by atoms with van der Waals surface area (Å²) in [7, 11) is 0. The summed E-state index contributed by atoms with van der Waals surface area (Å²) in [6.07, 6.45) is 0. The average Bonchev–Trinajstić information content (AvgIpc) is 1.52. The highest BCUT2D eigenvalue weighted by atomic mass is 15.2. The molecule has 6 heterocycles. The van der Waals surface area contributed by atoms with Gasteiger partial charge in [-0.2, -0.15) is 9.97 Å². The van der Waals surface area contributed by atoms with Crippen LogP contribution in [0.1, 0.15) is 0 Å². The predicted octanol–water partition coefficient (Wildman–Crippen LogP) is 20.4. The quantitative estimate of drug-likeness (QED) is 0.135. The van der Waals surface area contributed by atoms with Crippen LogP contribution in [0.4, 0.5) is 0 Å². The van der Waals surface area contributed by atoms with Crippen LogP contribution >= 0.6 is 0 Å². The molecule has 0 amide bonds. The number of rotatable bonds is 10. The van der Waals surface area contributed by atoms with Gasteiger partial charge in [0.15, 0.2) is 29.1 Å². The molecular formula is C84H52N10. The third kappa shape index (κ3) is 8.36. The molecule has 0 atom stereocenters. The minimum Gasteiger partial charge on any atom is -0.307 e. The molecule has 0 N–H and O–H groups in total. The first kappa shape index (κ1) is 53.0. The van der Waals surface area contributed by atoms with Crippen LogP contribution in [0.3, 0.4) is 0 Å². The first-order chi connectivity index (χ1) is 46.6. The van der Waals surface area contributed by atoms with E-state index in [1.807, 2.05) is 97.1 Å². The van der Waals surface area contributed by atoms with E-state index in [-0.39, 0.29) is 0 Å². The normalized spacial score (nSPS) is 11.8. The number of hydrogen-bond acceptors (Lipinski definition) is 6. The highest BCUT2D eigenvalue weighted by Gasteiger charge is 2.29. The molecule has 438 valence electrons. The lowest BCUT2D eigenvalue weighted by Gasteiger charge is -2.15. The molecule has 13 aromatic carbocycles. The number of benzene rings is 13. The third-order valence-corrected chi connectivity index (χ3v) is 18.4. The maximum absolute atomic E-state index is 5.43. The Hall–Kier alpha value is -12.9. The van der Waals surface area contributed by atoms with E-state index in [0.717, 1.165) is 143 Å². The van der Waals surface area contributed by atoms with Crippen LogP contribution < -0.4 is 0 Å². The van der Waals surface area contributed by atoms with E-state index in [1.165, 1.54) is 0 Å².